The Morgan fingerprint density at radius 2 is 0.826 bits per heavy atom. The van der Waals surface area contributed by atoms with E-state index in [-0.39, 0.29) is 15.4 Å². The van der Waals surface area contributed by atoms with Crippen molar-refractivity contribution >= 4 is 15.4 Å². The third-order valence-electron chi connectivity index (χ3n) is 2.89. The Hall–Kier alpha value is 0.303. The van der Waals surface area contributed by atoms with Crippen LogP contribution < -0.4 is 0 Å². The number of rotatable bonds is 20. The predicted octanol–water partition coefficient (Wildman–Crippen LogP) is 1.67. The molecule has 0 aromatic carbocycles. The topological polar surface area (TPSA) is 55.4 Å². The molecule has 0 rings (SSSR count). The zero-order valence-corrected chi connectivity index (χ0v) is 16.9. The fourth-order valence-electron chi connectivity index (χ4n) is 1.65. The molecule has 0 amide bonds. The Kier molecular flexibility index (Phi) is 22.6. The Morgan fingerprint density at radius 3 is 1.22 bits per heavy atom. The Bertz CT molecular complexity index is 189. The maximum atomic E-state index is 5.52. The second kappa shape index (κ2) is 22.3. The summed E-state index contributed by atoms with van der Waals surface area (Å²) in [6, 6.07) is 0. The molecule has 2 radical (unpaired) electrons. The van der Waals surface area contributed by atoms with E-state index < -0.39 is 0 Å². The molecule has 0 aliphatic heterocycles. The van der Waals surface area contributed by atoms with Crippen LogP contribution in [0.3, 0.4) is 0 Å². The van der Waals surface area contributed by atoms with Gasteiger partial charge in [0.2, 0.25) is 0 Å². The summed E-state index contributed by atoms with van der Waals surface area (Å²) >= 11 is 0.173. The quantitative estimate of drug-likeness (QED) is 0.231. The van der Waals surface area contributed by atoms with Gasteiger partial charge in [-0.2, -0.15) is 0 Å². The first-order valence-corrected chi connectivity index (χ1v) is 11.4. The van der Waals surface area contributed by atoms with Gasteiger partial charge in [0.15, 0.2) is 0 Å². The van der Waals surface area contributed by atoms with E-state index in [0.717, 1.165) is 13.2 Å². The molecule has 0 saturated carbocycles. The molecule has 0 aliphatic rings. The fourth-order valence-corrected chi connectivity index (χ4v) is 3.83. The molecule has 0 heterocycles. The molecule has 0 fully saturated rings. The van der Waals surface area contributed by atoms with Crippen molar-refractivity contribution in [3.63, 3.8) is 0 Å². The van der Waals surface area contributed by atoms with E-state index in [1.165, 1.54) is 23.3 Å². The van der Waals surface area contributed by atoms with Crippen LogP contribution in [-0.2, 0) is 28.4 Å². The normalized spacial score (nSPS) is 11.2. The zero-order chi connectivity index (χ0) is 16.8. The molecule has 0 unspecified atom stereocenters. The van der Waals surface area contributed by atoms with Crippen LogP contribution in [0.25, 0.3) is 0 Å². The fraction of sp³-hybridized carbons (Fsp3) is 1.00. The monoisotopic (exact) mass is 396 g/mol. The molecule has 0 saturated heterocycles. The van der Waals surface area contributed by atoms with Crippen LogP contribution in [0, 0.1) is 0 Å². The van der Waals surface area contributed by atoms with Gasteiger partial charge >= 0.3 is 147 Å². The van der Waals surface area contributed by atoms with E-state index >= 15 is 0 Å². The second-order valence-corrected chi connectivity index (χ2v) is 8.04. The van der Waals surface area contributed by atoms with E-state index in [1.54, 1.807) is 14.2 Å². The van der Waals surface area contributed by atoms with Gasteiger partial charge in [-0.3, -0.25) is 0 Å². The van der Waals surface area contributed by atoms with Crippen molar-refractivity contribution in [3.05, 3.63) is 0 Å². The van der Waals surface area contributed by atoms with Crippen molar-refractivity contribution in [1.82, 2.24) is 0 Å². The van der Waals surface area contributed by atoms with Gasteiger partial charge in [0.1, 0.15) is 0 Å². The number of hydrogen-bond donors (Lipinski definition) is 0. The average molecular weight is 395 g/mol. The molecule has 7 heteroatoms. The number of ether oxygens (including phenoxy) is 6. The third-order valence-corrected chi connectivity index (χ3v) is 5.86. The molecular formula is C16H34GeO6. The van der Waals surface area contributed by atoms with Crippen LogP contribution in [-0.4, -0.2) is 95.7 Å². The molecule has 138 valence electrons. The summed E-state index contributed by atoms with van der Waals surface area (Å²) in [7, 11) is 3.35. The van der Waals surface area contributed by atoms with Crippen molar-refractivity contribution < 1.29 is 28.4 Å². The number of hydrogen-bond acceptors (Lipinski definition) is 6. The summed E-state index contributed by atoms with van der Waals surface area (Å²) in [5.41, 5.74) is 0. The van der Waals surface area contributed by atoms with Crippen LogP contribution in [0.2, 0.25) is 10.5 Å². The first-order chi connectivity index (χ1) is 11.4. The predicted molar refractivity (Wildman–Crippen MR) is 91.6 cm³/mol. The molecule has 0 bridgehead atoms. The van der Waals surface area contributed by atoms with Crippen LogP contribution in [0.1, 0.15) is 12.8 Å². The molecule has 0 aliphatic carbocycles. The molecule has 0 aromatic rings. The van der Waals surface area contributed by atoms with Crippen molar-refractivity contribution in [2.45, 2.75) is 23.3 Å². The summed E-state index contributed by atoms with van der Waals surface area (Å²) in [6.07, 6.45) is 2.35. The van der Waals surface area contributed by atoms with Gasteiger partial charge in [0, 0.05) is 0 Å². The van der Waals surface area contributed by atoms with Gasteiger partial charge in [0.25, 0.3) is 0 Å². The van der Waals surface area contributed by atoms with Gasteiger partial charge in [0.05, 0.1) is 0 Å². The van der Waals surface area contributed by atoms with Crippen LogP contribution >= 0.6 is 0 Å². The summed E-state index contributed by atoms with van der Waals surface area (Å²) in [5.74, 6) is 0. The SMILES string of the molecule is COCCOCCOCC[CH2][Ge][CH2]CCOCCOCCOC. The molecule has 23 heavy (non-hydrogen) atoms. The van der Waals surface area contributed by atoms with Gasteiger partial charge in [-0.1, -0.05) is 0 Å². The summed E-state index contributed by atoms with van der Waals surface area (Å²) in [4.78, 5) is 0. The van der Waals surface area contributed by atoms with Gasteiger partial charge in [-0.15, -0.1) is 0 Å². The first kappa shape index (κ1) is 23.3. The summed E-state index contributed by atoms with van der Waals surface area (Å²) in [5, 5.41) is 2.68. The van der Waals surface area contributed by atoms with Gasteiger partial charge in [-0.25, -0.2) is 0 Å². The minimum absolute atomic E-state index is 0.173. The molecule has 0 N–H and O–H groups in total. The maximum absolute atomic E-state index is 5.52. The Balaban J connectivity index is 2.92. The standard InChI is InChI=1S/C16H34GeO6/c1-18-9-11-22-15-13-20-7-3-5-17-6-4-8-21-14-16-23-12-10-19-2/h3-16H2,1-2H3. The molecule has 6 nitrogen and oxygen atoms in total. The van der Waals surface area contributed by atoms with Crippen molar-refractivity contribution in [3.8, 4) is 0 Å². The molecule has 0 aromatic heterocycles. The van der Waals surface area contributed by atoms with Crippen LogP contribution in [0.4, 0.5) is 0 Å². The van der Waals surface area contributed by atoms with E-state index in [1.807, 2.05) is 0 Å². The summed E-state index contributed by atoms with van der Waals surface area (Å²) in [6.45, 7) is 6.98. The van der Waals surface area contributed by atoms with E-state index in [9.17, 15) is 0 Å². The molecule has 0 spiro atoms. The Morgan fingerprint density at radius 1 is 0.478 bits per heavy atom. The second-order valence-electron chi connectivity index (χ2n) is 4.89. The first-order valence-electron chi connectivity index (χ1n) is 8.41. The van der Waals surface area contributed by atoms with Gasteiger partial charge in [-0.05, 0) is 0 Å². The van der Waals surface area contributed by atoms with Crippen molar-refractivity contribution in [2.75, 3.05) is 80.3 Å². The van der Waals surface area contributed by atoms with E-state index in [0.29, 0.717) is 52.9 Å². The van der Waals surface area contributed by atoms with Gasteiger partial charge < -0.3 is 0 Å². The molecule has 0 atom stereocenters. The van der Waals surface area contributed by atoms with E-state index in [4.69, 9.17) is 28.4 Å². The molecular weight excluding hydrogens is 361 g/mol. The summed E-state index contributed by atoms with van der Waals surface area (Å²) < 4.78 is 31.5. The van der Waals surface area contributed by atoms with E-state index in [2.05, 4.69) is 0 Å². The van der Waals surface area contributed by atoms with Crippen LogP contribution in [0.15, 0.2) is 0 Å². The van der Waals surface area contributed by atoms with Crippen LogP contribution in [0.5, 0.6) is 0 Å². The van der Waals surface area contributed by atoms with Crippen molar-refractivity contribution in [1.29, 1.82) is 0 Å². The number of methoxy groups -OCH3 is 2. The zero-order valence-electron chi connectivity index (χ0n) is 14.8. The Labute approximate surface area is 147 Å². The van der Waals surface area contributed by atoms with Crippen molar-refractivity contribution in [2.24, 2.45) is 0 Å². The third kappa shape index (κ3) is 22.3. The average Bonchev–Trinajstić information content (AvgIpc) is 2.57. The minimum atomic E-state index is 0.173.